The molecule has 1 aromatic rings. The summed E-state index contributed by atoms with van der Waals surface area (Å²) in [6.45, 7) is 0.649. The number of rotatable bonds is 4. The van der Waals surface area contributed by atoms with Crippen LogP contribution in [0.1, 0.15) is 12.8 Å². The number of nitrogens with zero attached hydrogens (tertiary/aromatic N) is 2. The summed E-state index contributed by atoms with van der Waals surface area (Å²) in [7, 11) is -2.10. The second-order valence-electron chi connectivity index (χ2n) is 4.86. The zero-order chi connectivity index (χ0) is 15.6. The van der Waals surface area contributed by atoms with E-state index in [1.54, 1.807) is 7.05 Å². The first kappa shape index (κ1) is 15.8. The molecule has 116 valence electrons. The van der Waals surface area contributed by atoms with Gasteiger partial charge in [-0.2, -0.15) is 8.70 Å². The monoisotopic (exact) mass is 317 g/mol. The number of hydrogen-bond acceptors (Lipinski definition) is 5. The van der Waals surface area contributed by atoms with E-state index < -0.39 is 26.5 Å². The summed E-state index contributed by atoms with van der Waals surface area (Å²) >= 11 is 0. The topological polar surface area (TPSA) is 92.6 Å². The molecule has 2 rings (SSSR count). The van der Waals surface area contributed by atoms with Gasteiger partial charge >= 0.3 is 5.69 Å². The highest BCUT2D eigenvalue weighted by molar-refractivity contribution is 7.89. The Labute approximate surface area is 122 Å². The van der Waals surface area contributed by atoms with Crippen molar-refractivity contribution < 1.29 is 17.7 Å². The molecule has 1 N–H and O–H groups in total. The average molecular weight is 317 g/mol. The van der Waals surface area contributed by atoms with Gasteiger partial charge in [0, 0.05) is 25.2 Å². The van der Waals surface area contributed by atoms with E-state index in [1.165, 1.54) is 4.31 Å². The Morgan fingerprint density at radius 3 is 2.81 bits per heavy atom. The fourth-order valence-corrected chi connectivity index (χ4v) is 3.88. The van der Waals surface area contributed by atoms with Gasteiger partial charge in [0.2, 0.25) is 15.8 Å². The zero-order valence-electron chi connectivity index (χ0n) is 11.5. The van der Waals surface area contributed by atoms with Crippen LogP contribution < -0.4 is 5.32 Å². The summed E-state index contributed by atoms with van der Waals surface area (Å²) in [6, 6.07) is 2.68. The van der Waals surface area contributed by atoms with Crippen molar-refractivity contribution in [3.63, 3.8) is 0 Å². The lowest BCUT2D eigenvalue weighted by atomic mass is 10.1. The lowest BCUT2D eigenvalue weighted by Gasteiger charge is -2.31. The van der Waals surface area contributed by atoms with Gasteiger partial charge in [-0.05, 0) is 32.0 Å². The van der Waals surface area contributed by atoms with E-state index in [0.717, 1.165) is 24.6 Å². The van der Waals surface area contributed by atoms with Crippen LogP contribution in [0.4, 0.5) is 10.1 Å². The van der Waals surface area contributed by atoms with Crippen molar-refractivity contribution in [2.75, 3.05) is 20.1 Å². The third-order valence-corrected chi connectivity index (χ3v) is 5.41. The predicted octanol–water partition coefficient (Wildman–Crippen LogP) is 1.11. The number of benzene rings is 1. The van der Waals surface area contributed by atoms with Crippen molar-refractivity contribution in [2.45, 2.75) is 23.8 Å². The van der Waals surface area contributed by atoms with Gasteiger partial charge < -0.3 is 5.32 Å². The van der Waals surface area contributed by atoms with E-state index in [4.69, 9.17) is 0 Å². The Kier molecular flexibility index (Phi) is 4.55. The van der Waals surface area contributed by atoms with Crippen molar-refractivity contribution in [1.82, 2.24) is 9.62 Å². The second kappa shape index (κ2) is 6.04. The second-order valence-corrected chi connectivity index (χ2v) is 6.80. The minimum atomic E-state index is -3.86. The van der Waals surface area contributed by atoms with Crippen LogP contribution in [-0.4, -0.2) is 43.8 Å². The molecule has 0 bridgehead atoms. The predicted molar refractivity (Wildman–Crippen MR) is 73.9 cm³/mol. The fourth-order valence-electron chi connectivity index (χ4n) is 2.34. The highest BCUT2D eigenvalue weighted by Crippen LogP contribution is 2.25. The standard InChI is InChI=1S/C12H16FN3O4S/c1-14-9-3-2-6-15(8-9)21(19,20)10-4-5-11(13)12(7-10)16(17)18/h4-5,7,9,14H,2-3,6,8H2,1H3. The number of hydrogen-bond donors (Lipinski definition) is 1. The number of halogens is 1. The first-order valence-corrected chi connectivity index (χ1v) is 7.91. The maximum absolute atomic E-state index is 13.3. The number of sulfonamides is 1. The molecule has 0 saturated carbocycles. The average Bonchev–Trinajstić information content (AvgIpc) is 2.47. The SMILES string of the molecule is CNC1CCCN(S(=O)(=O)c2ccc(F)c([N+](=O)[O-])c2)C1. The Hall–Kier alpha value is -1.58. The first-order chi connectivity index (χ1) is 9.86. The van der Waals surface area contributed by atoms with Crippen LogP contribution in [-0.2, 0) is 10.0 Å². The summed E-state index contributed by atoms with van der Waals surface area (Å²) in [5, 5.41) is 13.7. The minimum Gasteiger partial charge on any atom is -0.316 e. The molecular formula is C12H16FN3O4S. The number of nitrogens with one attached hydrogen (secondary N) is 1. The van der Waals surface area contributed by atoms with E-state index in [2.05, 4.69) is 5.32 Å². The Morgan fingerprint density at radius 1 is 1.48 bits per heavy atom. The van der Waals surface area contributed by atoms with Crippen molar-refractivity contribution >= 4 is 15.7 Å². The molecule has 9 heteroatoms. The number of nitro groups is 1. The third-order valence-electron chi connectivity index (χ3n) is 3.54. The van der Waals surface area contributed by atoms with Gasteiger partial charge in [-0.25, -0.2) is 8.42 Å². The molecule has 0 aromatic heterocycles. The van der Waals surface area contributed by atoms with E-state index in [0.29, 0.717) is 19.5 Å². The summed E-state index contributed by atoms with van der Waals surface area (Å²) in [5.41, 5.74) is -0.835. The van der Waals surface area contributed by atoms with Crippen molar-refractivity contribution in [3.05, 3.63) is 34.1 Å². The van der Waals surface area contributed by atoms with E-state index in [9.17, 15) is 22.9 Å². The molecule has 7 nitrogen and oxygen atoms in total. The zero-order valence-corrected chi connectivity index (χ0v) is 12.3. The Bertz CT molecular complexity index is 650. The maximum atomic E-state index is 13.3. The van der Waals surface area contributed by atoms with E-state index in [1.807, 2.05) is 0 Å². The van der Waals surface area contributed by atoms with Crippen LogP contribution >= 0.6 is 0 Å². The Morgan fingerprint density at radius 2 is 2.19 bits per heavy atom. The van der Waals surface area contributed by atoms with Crippen LogP contribution in [0, 0.1) is 15.9 Å². The van der Waals surface area contributed by atoms with Crippen molar-refractivity contribution in [2.24, 2.45) is 0 Å². The van der Waals surface area contributed by atoms with Gasteiger partial charge in [-0.3, -0.25) is 10.1 Å². The molecule has 1 saturated heterocycles. The molecule has 1 aliphatic heterocycles. The van der Waals surface area contributed by atoms with Crippen LogP contribution in [0.25, 0.3) is 0 Å². The molecule has 0 amide bonds. The fraction of sp³-hybridized carbons (Fsp3) is 0.500. The van der Waals surface area contributed by atoms with Crippen LogP contribution in [0.3, 0.4) is 0 Å². The molecule has 0 radical (unpaired) electrons. The molecule has 0 aliphatic carbocycles. The largest absolute Gasteiger partial charge is 0.316 e. The van der Waals surface area contributed by atoms with E-state index >= 15 is 0 Å². The van der Waals surface area contributed by atoms with Gasteiger partial charge in [0.25, 0.3) is 0 Å². The summed E-state index contributed by atoms with van der Waals surface area (Å²) < 4.78 is 39.6. The molecule has 1 aliphatic rings. The van der Waals surface area contributed by atoms with Gasteiger partial charge in [0.1, 0.15) is 0 Å². The summed E-state index contributed by atoms with van der Waals surface area (Å²) in [6.07, 6.45) is 1.57. The molecule has 1 atom stereocenters. The van der Waals surface area contributed by atoms with Crippen molar-refractivity contribution in [1.29, 1.82) is 0 Å². The van der Waals surface area contributed by atoms with Crippen molar-refractivity contribution in [3.8, 4) is 0 Å². The molecule has 1 heterocycles. The van der Waals surface area contributed by atoms with E-state index in [-0.39, 0.29) is 10.9 Å². The van der Waals surface area contributed by atoms with Gasteiger partial charge in [0.15, 0.2) is 0 Å². The van der Waals surface area contributed by atoms with Crippen LogP contribution in [0.5, 0.6) is 0 Å². The third kappa shape index (κ3) is 3.20. The molecule has 1 aromatic carbocycles. The summed E-state index contributed by atoms with van der Waals surface area (Å²) in [4.78, 5) is 9.54. The quantitative estimate of drug-likeness (QED) is 0.663. The molecular weight excluding hydrogens is 301 g/mol. The van der Waals surface area contributed by atoms with Crippen LogP contribution in [0.2, 0.25) is 0 Å². The van der Waals surface area contributed by atoms with Gasteiger partial charge in [-0.15, -0.1) is 0 Å². The van der Waals surface area contributed by atoms with Gasteiger partial charge in [0.05, 0.1) is 9.82 Å². The Balaban J connectivity index is 2.35. The normalized spacial score (nSPS) is 20.4. The first-order valence-electron chi connectivity index (χ1n) is 6.47. The highest BCUT2D eigenvalue weighted by atomic mass is 32.2. The lowest BCUT2D eigenvalue weighted by molar-refractivity contribution is -0.387. The molecule has 21 heavy (non-hydrogen) atoms. The molecule has 0 spiro atoms. The molecule has 1 unspecified atom stereocenters. The minimum absolute atomic E-state index is 0.0453. The lowest BCUT2D eigenvalue weighted by Crippen LogP contribution is -2.46. The maximum Gasteiger partial charge on any atom is 0.306 e. The molecule has 1 fully saturated rings. The number of piperidine rings is 1. The van der Waals surface area contributed by atoms with Gasteiger partial charge in [-0.1, -0.05) is 0 Å². The smallest absolute Gasteiger partial charge is 0.306 e. The number of nitro benzene ring substituents is 1. The number of likely N-dealkylation sites (N-methyl/N-ethyl adjacent to an activating group) is 1. The highest BCUT2D eigenvalue weighted by Gasteiger charge is 2.31. The summed E-state index contributed by atoms with van der Waals surface area (Å²) in [5.74, 6) is -1.05. The van der Waals surface area contributed by atoms with Crippen LogP contribution in [0.15, 0.2) is 23.1 Å².